The first-order valence-corrected chi connectivity index (χ1v) is 14.3. The summed E-state index contributed by atoms with van der Waals surface area (Å²) in [6.45, 7) is 2.49. The summed E-state index contributed by atoms with van der Waals surface area (Å²) in [6, 6.07) is 17.3. The molecule has 0 bridgehead atoms. The Morgan fingerprint density at radius 2 is 1.89 bits per heavy atom. The molecule has 4 rings (SSSR count). The molecule has 1 aromatic heterocycles. The number of carboxylic acids is 1. The summed E-state index contributed by atoms with van der Waals surface area (Å²) in [5.41, 5.74) is 1.80. The standard InChI is InChI=1S/C26H19ClFI2N3O3S/c1-2-33-24(15-7-9-18(27)10-8-15)31-32-26(33)37-22(25(34)35)12-17-11-19(29)13-21(30)23(17)36-14-16-5-3-4-6-20(16)28/h3-13H,2,14H2,1H3,(H,34,35)/b22-12-. The number of ether oxygens (including phenoxy) is 1. The van der Waals surface area contributed by atoms with Crippen molar-refractivity contribution in [2.45, 2.75) is 25.2 Å². The van der Waals surface area contributed by atoms with Crippen LogP contribution in [0, 0.1) is 13.0 Å². The van der Waals surface area contributed by atoms with E-state index in [0.29, 0.717) is 39.4 Å². The lowest BCUT2D eigenvalue weighted by atomic mass is 10.2. The van der Waals surface area contributed by atoms with Gasteiger partial charge in [0.15, 0.2) is 11.0 Å². The maximum Gasteiger partial charge on any atom is 0.342 e. The van der Waals surface area contributed by atoms with Crippen LogP contribution in [0.3, 0.4) is 0 Å². The number of carboxylic acid groups (broad SMARTS) is 1. The third-order valence-electron chi connectivity index (χ3n) is 5.20. The van der Waals surface area contributed by atoms with Crippen molar-refractivity contribution in [3.05, 3.63) is 94.7 Å². The van der Waals surface area contributed by atoms with Crippen LogP contribution in [0.5, 0.6) is 5.75 Å². The Hall–Kier alpha value is -2.16. The van der Waals surface area contributed by atoms with Gasteiger partial charge in [-0.2, -0.15) is 0 Å². The summed E-state index contributed by atoms with van der Waals surface area (Å²) in [4.78, 5) is 12.3. The lowest BCUT2D eigenvalue weighted by molar-refractivity contribution is -0.131. The molecule has 0 aliphatic rings. The third-order valence-corrected chi connectivity index (χ3v) is 7.87. The molecule has 0 radical (unpaired) electrons. The van der Waals surface area contributed by atoms with Gasteiger partial charge >= 0.3 is 5.97 Å². The summed E-state index contributed by atoms with van der Waals surface area (Å²) in [5.74, 6) is -0.388. The minimum Gasteiger partial charge on any atom is -0.487 e. The van der Waals surface area contributed by atoms with Crippen molar-refractivity contribution >= 4 is 80.6 Å². The van der Waals surface area contributed by atoms with Crippen molar-refractivity contribution in [2.24, 2.45) is 0 Å². The number of carbonyl (C=O) groups is 1. The molecule has 0 atom stereocenters. The van der Waals surface area contributed by atoms with E-state index in [2.05, 4.69) is 55.4 Å². The van der Waals surface area contributed by atoms with Gasteiger partial charge in [0, 0.05) is 31.8 Å². The fourth-order valence-electron chi connectivity index (χ4n) is 3.44. The molecule has 0 aliphatic carbocycles. The normalized spacial score (nSPS) is 11.5. The van der Waals surface area contributed by atoms with E-state index in [0.717, 1.165) is 24.5 Å². The highest BCUT2D eigenvalue weighted by Gasteiger charge is 2.20. The summed E-state index contributed by atoms with van der Waals surface area (Å²) in [7, 11) is 0. The van der Waals surface area contributed by atoms with Crippen LogP contribution in [0.25, 0.3) is 17.5 Å². The van der Waals surface area contributed by atoms with E-state index in [1.807, 2.05) is 35.8 Å². The van der Waals surface area contributed by atoms with Crippen LogP contribution in [-0.4, -0.2) is 25.8 Å². The molecule has 11 heteroatoms. The fraction of sp³-hybridized carbons (Fsp3) is 0.115. The molecule has 4 aromatic rings. The smallest absolute Gasteiger partial charge is 0.342 e. The Morgan fingerprint density at radius 1 is 1.16 bits per heavy atom. The molecule has 1 N–H and O–H groups in total. The second-order valence-electron chi connectivity index (χ2n) is 7.66. The first-order valence-electron chi connectivity index (χ1n) is 10.9. The van der Waals surface area contributed by atoms with Gasteiger partial charge in [-0.3, -0.25) is 0 Å². The molecule has 3 aromatic carbocycles. The molecule has 0 saturated carbocycles. The van der Waals surface area contributed by atoms with Gasteiger partial charge in [-0.15, -0.1) is 10.2 Å². The molecule has 190 valence electrons. The summed E-state index contributed by atoms with van der Waals surface area (Å²) >= 11 is 11.3. The van der Waals surface area contributed by atoms with Crippen molar-refractivity contribution in [1.29, 1.82) is 0 Å². The second kappa shape index (κ2) is 12.6. The fourth-order valence-corrected chi connectivity index (χ4v) is 6.49. The molecule has 0 spiro atoms. The molecule has 0 saturated heterocycles. The average molecular weight is 762 g/mol. The van der Waals surface area contributed by atoms with Crippen molar-refractivity contribution in [3.8, 4) is 17.1 Å². The first-order chi connectivity index (χ1) is 17.8. The van der Waals surface area contributed by atoms with E-state index in [1.54, 1.807) is 36.4 Å². The monoisotopic (exact) mass is 761 g/mol. The minimum atomic E-state index is -1.11. The van der Waals surface area contributed by atoms with Crippen molar-refractivity contribution in [2.75, 3.05) is 0 Å². The average Bonchev–Trinajstić information content (AvgIpc) is 3.27. The minimum absolute atomic E-state index is 0.00820. The molecule has 37 heavy (non-hydrogen) atoms. The number of aromatic nitrogens is 3. The van der Waals surface area contributed by atoms with Gasteiger partial charge in [-0.25, -0.2) is 9.18 Å². The molecular formula is C26H19ClFI2N3O3S. The maximum atomic E-state index is 14.1. The Morgan fingerprint density at radius 3 is 2.57 bits per heavy atom. The summed E-state index contributed by atoms with van der Waals surface area (Å²) in [6.07, 6.45) is 1.55. The van der Waals surface area contributed by atoms with Crippen LogP contribution in [0.15, 0.2) is 70.7 Å². The van der Waals surface area contributed by atoms with Gasteiger partial charge in [0.25, 0.3) is 0 Å². The third kappa shape index (κ3) is 6.84. The summed E-state index contributed by atoms with van der Waals surface area (Å²) < 4.78 is 23.7. The predicted molar refractivity (Wildman–Crippen MR) is 160 cm³/mol. The highest BCUT2D eigenvalue weighted by atomic mass is 127. The Bertz CT molecular complexity index is 1480. The van der Waals surface area contributed by atoms with Gasteiger partial charge in [-0.05, 0) is 112 Å². The van der Waals surface area contributed by atoms with Gasteiger partial charge in [0.05, 0.1) is 3.57 Å². The lowest BCUT2D eigenvalue weighted by Crippen LogP contribution is -2.04. The Labute approximate surface area is 249 Å². The largest absolute Gasteiger partial charge is 0.487 e. The van der Waals surface area contributed by atoms with E-state index in [-0.39, 0.29) is 17.3 Å². The lowest BCUT2D eigenvalue weighted by Gasteiger charge is -2.14. The van der Waals surface area contributed by atoms with E-state index >= 15 is 0 Å². The van der Waals surface area contributed by atoms with Crippen LogP contribution < -0.4 is 4.74 Å². The van der Waals surface area contributed by atoms with Gasteiger partial charge in [0.1, 0.15) is 23.1 Å². The van der Waals surface area contributed by atoms with E-state index in [4.69, 9.17) is 16.3 Å². The number of thioether (sulfide) groups is 1. The summed E-state index contributed by atoms with van der Waals surface area (Å²) in [5, 5.41) is 19.6. The van der Waals surface area contributed by atoms with E-state index in [1.165, 1.54) is 6.07 Å². The van der Waals surface area contributed by atoms with Gasteiger partial charge < -0.3 is 14.4 Å². The highest BCUT2D eigenvalue weighted by Crippen LogP contribution is 2.35. The highest BCUT2D eigenvalue weighted by molar-refractivity contribution is 14.1. The molecule has 0 fully saturated rings. The van der Waals surface area contributed by atoms with Crippen LogP contribution >= 0.6 is 68.5 Å². The van der Waals surface area contributed by atoms with Crippen LogP contribution in [0.1, 0.15) is 18.1 Å². The number of rotatable bonds is 9. The van der Waals surface area contributed by atoms with Crippen molar-refractivity contribution in [3.63, 3.8) is 0 Å². The van der Waals surface area contributed by atoms with Crippen LogP contribution in [0.4, 0.5) is 4.39 Å². The number of halogens is 4. The number of hydrogen-bond acceptors (Lipinski definition) is 5. The topological polar surface area (TPSA) is 77.2 Å². The number of benzene rings is 3. The van der Waals surface area contributed by atoms with Gasteiger partial charge in [-0.1, -0.05) is 29.8 Å². The Kier molecular flexibility index (Phi) is 9.48. The van der Waals surface area contributed by atoms with Crippen molar-refractivity contribution < 1.29 is 19.0 Å². The second-order valence-corrected chi connectivity index (χ2v) is 11.5. The zero-order valence-electron chi connectivity index (χ0n) is 19.3. The molecule has 1 heterocycles. The number of aliphatic carboxylic acids is 1. The maximum absolute atomic E-state index is 14.1. The Balaban J connectivity index is 1.68. The number of nitrogens with zero attached hydrogens (tertiary/aromatic N) is 3. The molecule has 6 nitrogen and oxygen atoms in total. The van der Waals surface area contributed by atoms with Crippen LogP contribution in [-0.2, 0) is 17.9 Å². The molecule has 0 amide bonds. The quantitative estimate of drug-likeness (QED) is 0.107. The molecular weight excluding hydrogens is 743 g/mol. The SMILES string of the molecule is CCn1c(S/C(=C\c2cc(I)cc(I)c2OCc2ccccc2F)C(=O)O)nnc1-c1ccc(Cl)cc1. The molecule has 0 unspecified atom stereocenters. The zero-order valence-corrected chi connectivity index (χ0v) is 25.2. The zero-order chi connectivity index (χ0) is 26.5. The van der Waals surface area contributed by atoms with Crippen LogP contribution in [0.2, 0.25) is 5.02 Å². The van der Waals surface area contributed by atoms with E-state index in [9.17, 15) is 14.3 Å². The van der Waals surface area contributed by atoms with Gasteiger partial charge in [0.2, 0.25) is 0 Å². The molecule has 0 aliphatic heterocycles. The van der Waals surface area contributed by atoms with Crippen molar-refractivity contribution in [1.82, 2.24) is 14.8 Å². The number of hydrogen-bond donors (Lipinski definition) is 1. The predicted octanol–water partition coefficient (Wildman–Crippen LogP) is 7.76. The first kappa shape index (κ1) is 27.9. The van der Waals surface area contributed by atoms with E-state index < -0.39 is 5.97 Å².